The lowest BCUT2D eigenvalue weighted by Gasteiger charge is -2.35. The van der Waals surface area contributed by atoms with E-state index in [1.54, 1.807) is 0 Å². The molecule has 1 heterocycles. The lowest BCUT2D eigenvalue weighted by Crippen LogP contribution is -2.55. The first kappa shape index (κ1) is 20.2. The third kappa shape index (κ3) is 4.82. The molecule has 2 aliphatic rings. The summed E-state index contributed by atoms with van der Waals surface area (Å²) >= 11 is 0. The van der Waals surface area contributed by atoms with Gasteiger partial charge in [0.25, 0.3) is 5.91 Å². The number of rotatable bonds is 2. The minimum absolute atomic E-state index is 0.167. The maximum absolute atomic E-state index is 13.4. The third-order valence-electron chi connectivity index (χ3n) is 5.11. The highest BCUT2D eigenvalue weighted by Gasteiger charge is 2.38. The van der Waals surface area contributed by atoms with Crippen molar-refractivity contribution in [3.8, 4) is 0 Å². The molecule has 1 aliphatic heterocycles. The lowest BCUT2D eigenvalue weighted by molar-refractivity contribution is -0.147. The Morgan fingerprint density at radius 3 is 2.21 bits per heavy atom. The smallest absolute Gasteiger partial charge is 0.312 e. The van der Waals surface area contributed by atoms with Crippen LogP contribution in [0.3, 0.4) is 0 Å². The van der Waals surface area contributed by atoms with Gasteiger partial charge in [-0.3, -0.25) is 14.4 Å². The van der Waals surface area contributed by atoms with Crippen LogP contribution in [0.1, 0.15) is 36.0 Å². The highest BCUT2D eigenvalue weighted by Crippen LogP contribution is 2.33. The zero-order valence-electron chi connectivity index (χ0n) is 15.3. The molecule has 0 aromatic heterocycles. The molecule has 3 rings (SSSR count). The molecular formula is C19H22F3N3O3. The second kappa shape index (κ2) is 8.20. The Hall–Kier alpha value is -2.58. The van der Waals surface area contributed by atoms with Crippen molar-refractivity contribution in [2.24, 2.45) is 0 Å². The van der Waals surface area contributed by atoms with E-state index in [-0.39, 0.29) is 38.5 Å². The predicted molar refractivity (Wildman–Crippen MR) is 94.2 cm³/mol. The van der Waals surface area contributed by atoms with Gasteiger partial charge in [0.2, 0.25) is 5.92 Å². The van der Waals surface area contributed by atoms with E-state index in [1.165, 1.54) is 34.1 Å². The molecule has 2 fully saturated rings. The van der Waals surface area contributed by atoms with Crippen molar-refractivity contribution < 1.29 is 27.6 Å². The van der Waals surface area contributed by atoms with Crippen LogP contribution in [-0.4, -0.2) is 65.7 Å². The highest BCUT2D eigenvalue weighted by atomic mass is 19.3. The molecule has 1 atom stereocenters. The van der Waals surface area contributed by atoms with Crippen LogP contribution in [-0.2, 0) is 9.59 Å². The Bertz CT molecular complexity index is 747. The summed E-state index contributed by atoms with van der Waals surface area (Å²) in [5.41, 5.74) is 0.345. The summed E-state index contributed by atoms with van der Waals surface area (Å²) in [6, 6.07) is 4.48. The molecule has 9 heteroatoms. The highest BCUT2D eigenvalue weighted by molar-refractivity contribution is 6.35. The second-order valence-electron chi connectivity index (χ2n) is 7.21. The van der Waals surface area contributed by atoms with Gasteiger partial charge in [0, 0.05) is 50.6 Å². The topological polar surface area (TPSA) is 69.7 Å². The SMILES string of the molecule is O=C(NC1CCCC(F)(F)C1)C(=O)N1CCN(C(=O)c2ccc(F)cc2)CC1. The van der Waals surface area contributed by atoms with Gasteiger partial charge < -0.3 is 15.1 Å². The number of benzene rings is 1. The van der Waals surface area contributed by atoms with Crippen molar-refractivity contribution in [2.45, 2.75) is 37.6 Å². The van der Waals surface area contributed by atoms with Crippen LogP contribution >= 0.6 is 0 Å². The van der Waals surface area contributed by atoms with E-state index in [9.17, 15) is 27.6 Å². The van der Waals surface area contributed by atoms with Crippen molar-refractivity contribution in [1.29, 1.82) is 0 Å². The average Bonchev–Trinajstić information content (AvgIpc) is 2.67. The molecule has 28 heavy (non-hydrogen) atoms. The number of halogens is 3. The first-order chi connectivity index (χ1) is 13.2. The number of nitrogens with one attached hydrogen (secondary N) is 1. The molecule has 0 spiro atoms. The standard InChI is InChI=1S/C19H22F3N3O3/c20-14-5-3-13(4-6-14)17(27)24-8-10-25(11-9-24)18(28)16(26)23-15-2-1-7-19(21,22)12-15/h3-6,15H,1-2,7-12H2,(H,23,26). The molecule has 152 valence electrons. The molecule has 1 saturated carbocycles. The van der Waals surface area contributed by atoms with Crippen LogP contribution in [0.2, 0.25) is 0 Å². The number of hydrogen-bond acceptors (Lipinski definition) is 3. The third-order valence-corrected chi connectivity index (χ3v) is 5.11. The van der Waals surface area contributed by atoms with Gasteiger partial charge in [0.05, 0.1) is 0 Å². The van der Waals surface area contributed by atoms with Crippen molar-refractivity contribution in [3.05, 3.63) is 35.6 Å². The van der Waals surface area contributed by atoms with Crippen molar-refractivity contribution in [3.63, 3.8) is 0 Å². The summed E-state index contributed by atoms with van der Waals surface area (Å²) in [5.74, 6) is -5.19. The molecule has 3 amide bonds. The van der Waals surface area contributed by atoms with Gasteiger partial charge in [0.15, 0.2) is 0 Å². The zero-order chi connectivity index (χ0) is 20.3. The number of hydrogen-bond donors (Lipinski definition) is 1. The van der Waals surface area contributed by atoms with E-state index in [0.717, 1.165) is 0 Å². The second-order valence-corrected chi connectivity index (χ2v) is 7.21. The largest absolute Gasteiger partial charge is 0.345 e. The van der Waals surface area contributed by atoms with Crippen molar-refractivity contribution >= 4 is 17.7 Å². The minimum atomic E-state index is -2.81. The fourth-order valence-corrected chi connectivity index (χ4v) is 3.57. The molecule has 0 radical (unpaired) electrons. The Morgan fingerprint density at radius 1 is 1.00 bits per heavy atom. The maximum Gasteiger partial charge on any atom is 0.312 e. The molecule has 1 aromatic carbocycles. The molecule has 1 aromatic rings. The molecule has 1 aliphatic carbocycles. The minimum Gasteiger partial charge on any atom is -0.345 e. The van der Waals surface area contributed by atoms with Crippen LogP contribution < -0.4 is 5.32 Å². The quantitative estimate of drug-likeness (QED) is 0.774. The number of carbonyl (C=O) groups is 3. The molecule has 1 unspecified atom stereocenters. The monoisotopic (exact) mass is 397 g/mol. The number of nitrogens with zero attached hydrogens (tertiary/aromatic N) is 2. The molecular weight excluding hydrogens is 375 g/mol. The normalized spacial score (nSPS) is 21.9. The van der Waals surface area contributed by atoms with E-state index in [1.807, 2.05) is 0 Å². The van der Waals surface area contributed by atoms with Crippen LogP contribution in [0.15, 0.2) is 24.3 Å². The van der Waals surface area contributed by atoms with E-state index in [2.05, 4.69) is 5.32 Å². The van der Waals surface area contributed by atoms with E-state index < -0.39 is 36.0 Å². The first-order valence-electron chi connectivity index (χ1n) is 9.28. The van der Waals surface area contributed by atoms with E-state index >= 15 is 0 Å². The number of alkyl halides is 2. The summed E-state index contributed by atoms with van der Waals surface area (Å²) in [6.45, 7) is 0.799. The number of piperazine rings is 1. The van der Waals surface area contributed by atoms with Crippen LogP contribution in [0.5, 0.6) is 0 Å². The van der Waals surface area contributed by atoms with Gasteiger partial charge >= 0.3 is 11.8 Å². The zero-order valence-corrected chi connectivity index (χ0v) is 15.3. The molecule has 0 bridgehead atoms. The van der Waals surface area contributed by atoms with Crippen LogP contribution in [0.25, 0.3) is 0 Å². The van der Waals surface area contributed by atoms with Gasteiger partial charge in [-0.2, -0.15) is 0 Å². The Kier molecular flexibility index (Phi) is 5.90. The average molecular weight is 397 g/mol. The fourth-order valence-electron chi connectivity index (χ4n) is 3.57. The van der Waals surface area contributed by atoms with Gasteiger partial charge in [-0.05, 0) is 37.1 Å². The fraction of sp³-hybridized carbons (Fsp3) is 0.526. The summed E-state index contributed by atoms with van der Waals surface area (Å²) in [4.78, 5) is 39.7. The number of carbonyl (C=O) groups excluding carboxylic acids is 3. The van der Waals surface area contributed by atoms with Crippen LogP contribution in [0, 0.1) is 5.82 Å². The Balaban J connectivity index is 1.50. The van der Waals surface area contributed by atoms with Crippen molar-refractivity contribution in [1.82, 2.24) is 15.1 Å². The van der Waals surface area contributed by atoms with Gasteiger partial charge in [-0.15, -0.1) is 0 Å². The van der Waals surface area contributed by atoms with Gasteiger partial charge in [-0.25, -0.2) is 13.2 Å². The predicted octanol–water partition coefficient (Wildman–Crippen LogP) is 1.80. The molecule has 6 nitrogen and oxygen atoms in total. The lowest BCUT2D eigenvalue weighted by atomic mass is 9.92. The summed E-state index contributed by atoms with van der Waals surface area (Å²) in [5, 5.41) is 2.41. The first-order valence-corrected chi connectivity index (χ1v) is 9.28. The molecule has 1 N–H and O–H groups in total. The summed E-state index contributed by atoms with van der Waals surface area (Å²) in [7, 11) is 0. The van der Waals surface area contributed by atoms with E-state index in [4.69, 9.17) is 0 Å². The van der Waals surface area contributed by atoms with Gasteiger partial charge in [0.1, 0.15) is 5.82 Å². The Labute approximate surface area is 160 Å². The summed E-state index contributed by atoms with van der Waals surface area (Å²) < 4.78 is 39.8. The molecule has 1 saturated heterocycles. The number of amides is 3. The Morgan fingerprint density at radius 2 is 1.61 bits per heavy atom. The van der Waals surface area contributed by atoms with Gasteiger partial charge in [-0.1, -0.05) is 0 Å². The van der Waals surface area contributed by atoms with Crippen molar-refractivity contribution in [2.75, 3.05) is 26.2 Å². The van der Waals surface area contributed by atoms with E-state index in [0.29, 0.717) is 18.4 Å². The maximum atomic E-state index is 13.4. The van der Waals surface area contributed by atoms with Crippen LogP contribution in [0.4, 0.5) is 13.2 Å². The summed E-state index contributed by atoms with van der Waals surface area (Å²) in [6.07, 6.45) is 0.0776.